The number of nitrogens with two attached hydrogens (primary N) is 1. The minimum atomic E-state index is -0.161. The van der Waals surface area contributed by atoms with Crippen LogP contribution >= 0.6 is 0 Å². The molecule has 4 unspecified atom stereocenters. The van der Waals surface area contributed by atoms with E-state index in [0.29, 0.717) is 18.1 Å². The third-order valence-electron chi connectivity index (χ3n) is 5.49. The maximum atomic E-state index is 6.72. The molecular formula is C16H26N2O2. The predicted octanol–water partition coefficient (Wildman–Crippen LogP) is 1.94. The molecule has 112 valence electrons. The Balaban J connectivity index is 1.57. The molecule has 2 aliphatic rings. The monoisotopic (exact) mass is 278 g/mol. The van der Waals surface area contributed by atoms with Gasteiger partial charge in [0, 0.05) is 42.5 Å². The molecule has 2 heterocycles. The van der Waals surface area contributed by atoms with Crippen molar-refractivity contribution in [1.29, 1.82) is 0 Å². The molecule has 1 aliphatic carbocycles. The zero-order valence-corrected chi connectivity index (χ0v) is 12.7. The second-order valence-corrected chi connectivity index (χ2v) is 7.01. The largest absolute Gasteiger partial charge is 0.469 e. The van der Waals surface area contributed by atoms with Crippen LogP contribution < -0.4 is 11.1 Å². The van der Waals surface area contributed by atoms with Crippen LogP contribution in [-0.4, -0.2) is 30.8 Å². The lowest BCUT2D eigenvalue weighted by Gasteiger charge is -2.62. The molecule has 2 fully saturated rings. The molecule has 0 bridgehead atoms. The molecule has 0 radical (unpaired) electrons. The van der Waals surface area contributed by atoms with Crippen LogP contribution in [0.15, 0.2) is 22.8 Å². The van der Waals surface area contributed by atoms with Gasteiger partial charge >= 0.3 is 0 Å². The molecule has 4 heteroatoms. The van der Waals surface area contributed by atoms with Gasteiger partial charge in [0.2, 0.25) is 0 Å². The lowest BCUT2D eigenvalue weighted by molar-refractivity contribution is -0.153. The van der Waals surface area contributed by atoms with E-state index in [1.165, 1.54) is 0 Å². The first-order chi connectivity index (χ1) is 9.45. The Bertz CT molecular complexity index is 457. The Morgan fingerprint density at radius 2 is 2.30 bits per heavy atom. The molecular weight excluding hydrogens is 252 g/mol. The maximum Gasteiger partial charge on any atom is 0.105 e. The zero-order valence-electron chi connectivity index (χ0n) is 12.7. The first-order valence-electron chi connectivity index (χ1n) is 7.61. The van der Waals surface area contributed by atoms with Gasteiger partial charge in [-0.3, -0.25) is 0 Å². The summed E-state index contributed by atoms with van der Waals surface area (Å²) in [5.74, 6) is 1.52. The van der Waals surface area contributed by atoms with Crippen molar-refractivity contribution in [2.24, 2.45) is 17.1 Å². The summed E-state index contributed by atoms with van der Waals surface area (Å²) in [5, 5.41) is 3.59. The van der Waals surface area contributed by atoms with E-state index in [-0.39, 0.29) is 11.0 Å². The molecule has 4 atom stereocenters. The van der Waals surface area contributed by atoms with Crippen molar-refractivity contribution in [3.05, 3.63) is 24.2 Å². The van der Waals surface area contributed by atoms with E-state index < -0.39 is 0 Å². The van der Waals surface area contributed by atoms with Crippen LogP contribution in [0.25, 0.3) is 0 Å². The number of ether oxygens (including phenoxy) is 1. The fraction of sp³-hybridized carbons (Fsp3) is 0.750. The van der Waals surface area contributed by atoms with Gasteiger partial charge in [0.05, 0.1) is 12.4 Å². The topological polar surface area (TPSA) is 60.4 Å². The van der Waals surface area contributed by atoms with E-state index in [1.54, 1.807) is 6.26 Å². The van der Waals surface area contributed by atoms with Gasteiger partial charge in [-0.2, -0.15) is 0 Å². The Labute approximate surface area is 121 Å². The minimum absolute atomic E-state index is 0.0472. The molecule has 0 spiro atoms. The second kappa shape index (κ2) is 4.86. The summed E-state index contributed by atoms with van der Waals surface area (Å²) in [4.78, 5) is 0. The lowest BCUT2D eigenvalue weighted by Crippen LogP contribution is -2.78. The van der Waals surface area contributed by atoms with Gasteiger partial charge in [0.15, 0.2) is 0 Å². The molecule has 1 aromatic heterocycles. The molecule has 0 aromatic carbocycles. The first kappa shape index (κ1) is 14.1. The number of furan rings is 1. The quantitative estimate of drug-likeness (QED) is 0.864. The van der Waals surface area contributed by atoms with Crippen molar-refractivity contribution in [3.8, 4) is 0 Å². The van der Waals surface area contributed by atoms with Crippen molar-refractivity contribution in [3.63, 3.8) is 0 Å². The van der Waals surface area contributed by atoms with Crippen molar-refractivity contribution >= 4 is 0 Å². The average molecular weight is 278 g/mol. The van der Waals surface area contributed by atoms with Gasteiger partial charge in [0.25, 0.3) is 0 Å². The fourth-order valence-electron chi connectivity index (χ4n) is 3.98. The molecule has 3 N–H and O–H groups in total. The summed E-state index contributed by atoms with van der Waals surface area (Å²) in [7, 11) is 0. The normalized spacial score (nSPS) is 36.4. The van der Waals surface area contributed by atoms with Crippen molar-refractivity contribution in [2.45, 2.75) is 51.3 Å². The third-order valence-corrected chi connectivity index (χ3v) is 5.49. The Hall–Kier alpha value is -0.840. The predicted molar refractivity (Wildman–Crippen MR) is 78.4 cm³/mol. The van der Waals surface area contributed by atoms with E-state index in [4.69, 9.17) is 14.9 Å². The smallest absolute Gasteiger partial charge is 0.105 e. The van der Waals surface area contributed by atoms with Crippen molar-refractivity contribution in [2.75, 3.05) is 13.2 Å². The Morgan fingerprint density at radius 1 is 1.50 bits per heavy atom. The average Bonchev–Trinajstić information content (AvgIpc) is 3.05. The van der Waals surface area contributed by atoms with E-state index in [2.05, 4.69) is 26.1 Å². The zero-order chi connectivity index (χ0) is 14.4. The molecule has 1 saturated carbocycles. The Kier molecular flexibility index (Phi) is 3.43. The van der Waals surface area contributed by atoms with Crippen molar-refractivity contribution < 1.29 is 9.15 Å². The fourth-order valence-corrected chi connectivity index (χ4v) is 3.98. The summed E-state index contributed by atoms with van der Waals surface area (Å²) in [6.45, 7) is 8.35. The van der Waals surface area contributed by atoms with Gasteiger partial charge in [-0.25, -0.2) is 0 Å². The van der Waals surface area contributed by atoms with Crippen LogP contribution in [0.1, 0.15) is 33.0 Å². The van der Waals surface area contributed by atoms with Crippen LogP contribution in [0.4, 0.5) is 0 Å². The SMILES string of the molecule is CC(Cc1ccco1)NCC1(N)C2CCOC2C1(C)C. The molecule has 0 amide bonds. The van der Waals surface area contributed by atoms with Crippen LogP contribution in [0.2, 0.25) is 0 Å². The second-order valence-electron chi connectivity index (χ2n) is 7.01. The van der Waals surface area contributed by atoms with Gasteiger partial charge in [-0.1, -0.05) is 13.8 Å². The Morgan fingerprint density at radius 3 is 3.00 bits per heavy atom. The van der Waals surface area contributed by atoms with Gasteiger partial charge in [0.1, 0.15) is 5.76 Å². The lowest BCUT2D eigenvalue weighted by atomic mass is 9.48. The molecule has 4 nitrogen and oxygen atoms in total. The van der Waals surface area contributed by atoms with Crippen LogP contribution in [0.5, 0.6) is 0 Å². The van der Waals surface area contributed by atoms with Crippen LogP contribution in [-0.2, 0) is 11.2 Å². The number of rotatable bonds is 5. The molecule has 20 heavy (non-hydrogen) atoms. The number of hydrogen-bond donors (Lipinski definition) is 2. The minimum Gasteiger partial charge on any atom is -0.469 e. The highest BCUT2D eigenvalue weighted by atomic mass is 16.5. The number of fused-ring (bicyclic) bond motifs is 1. The van der Waals surface area contributed by atoms with Crippen LogP contribution in [0, 0.1) is 11.3 Å². The molecule has 1 aromatic rings. The highest BCUT2D eigenvalue weighted by Crippen LogP contribution is 2.57. The summed E-state index contributed by atoms with van der Waals surface area (Å²) in [6, 6.07) is 4.31. The number of nitrogens with one attached hydrogen (secondary N) is 1. The van der Waals surface area contributed by atoms with Gasteiger partial charge in [-0.15, -0.1) is 0 Å². The first-order valence-corrected chi connectivity index (χ1v) is 7.61. The number of hydrogen-bond acceptors (Lipinski definition) is 4. The van der Waals surface area contributed by atoms with Gasteiger partial charge in [-0.05, 0) is 25.5 Å². The molecule has 1 saturated heterocycles. The van der Waals surface area contributed by atoms with Crippen LogP contribution in [0.3, 0.4) is 0 Å². The van der Waals surface area contributed by atoms with E-state index in [9.17, 15) is 0 Å². The van der Waals surface area contributed by atoms with Gasteiger partial charge < -0.3 is 20.2 Å². The van der Waals surface area contributed by atoms with E-state index >= 15 is 0 Å². The van der Waals surface area contributed by atoms with E-state index in [0.717, 1.165) is 31.8 Å². The van der Waals surface area contributed by atoms with Crippen molar-refractivity contribution in [1.82, 2.24) is 5.32 Å². The maximum absolute atomic E-state index is 6.72. The summed E-state index contributed by atoms with van der Waals surface area (Å²) in [6.07, 6.45) is 4.06. The standard InChI is InChI=1S/C16H26N2O2/c1-11(9-12-5-4-7-19-12)18-10-16(17)13-6-8-20-14(13)15(16,2)3/h4-5,7,11,13-14,18H,6,8-10,17H2,1-3H3. The highest BCUT2D eigenvalue weighted by molar-refractivity contribution is 5.21. The third kappa shape index (κ3) is 2.01. The highest BCUT2D eigenvalue weighted by Gasteiger charge is 2.67. The molecule has 3 rings (SSSR count). The summed E-state index contributed by atoms with van der Waals surface area (Å²) < 4.78 is 11.2. The summed E-state index contributed by atoms with van der Waals surface area (Å²) >= 11 is 0. The summed E-state index contributed by atoms with van der Waals surface area (Å²) in [5.41, 5.74) is 6.61. The van der Waals surface area contributed by atoms with E-state index in [1.807, 2.05) is 12.1 Å². The molecule has 1 aliphatic heterocycles.